The number of likely N-dealkylation sites (tertiary alicyclic amines) is 1. The smallest absolute Gasteiger partial charge is 0.0768 e. The summed E-state index contributed by atoms with van der Waals surface area (Å²) in [4.78, 5) is 2.47. The normalized spacial score (nSPS) is 26.5. The van der Waals surface area contributed by atoms with Crippen LogP contribution in [0.5, 0.6) is 0 Å². The van der Waals surface area contributed by atoms with Crippen LogP contribution in [0.4, 0.5) is 0 Å². The SMILES string of the molecule is CCNC1CCN(CC(O)(CC)CC)CC1CC. The van der Waals surface area contributed by atoms with Crippen molar-refractivity contribution in [3.63, 3.8) is 0 Å². The average molecular weight is 256 g/mol. The van der Waals surface area contributed by atoms with E-state index in [-0.39, 0.29) is 0 Å². The van der Waals surface area contributed by atoms with Crippen LogP contribution in [0.25, 0.3) is 0 Å². The molecule has 2 atom stereocenters. The van der Waals surface area contributed by atoms with E-state index in [0.29, 0.717) is 6.04 Å². The zero-order chi connectivity index (χ0) is 13.6. The van der Waals surface area contributed by atoms with Gasteiger partial charge in [0.25, 0.3) is 0 Å². The highest BCUT2D eigenvalue weighted by atomic mass is 16.3. The summed E-state index contributed by atoms with van der Waals surface area (Å²) in [6.45, 7) is 12.8. The highest BCUT2D eigenvalue weighted by molar-refractivity contribution is 4.88. The molecular formula is C15H32N2O. The molecule has 3 nitrogen and oxygen atoms in total. The van der Waals surface area contributed by atoms with Gasteiger partial charge in [0.15, 0.2) is 0 Å². The monoisotopic (exact) mass is 256 g/mol. The molecule has 1 aliphatic heterocycles. The lowest BCUT2D eigenvalue weighted by atomic mass is 9.88. The van der Waals surface area contributed by atoms with Crippen molar-refractivity contribution < 1.29 is 5.11 Å². The lowest BCUT2D eigenvalue weighted by Crippen LogP contribution is -2.53. The van der Waals surface area contributed by atoms with Gasteiger partial charge in [-0.2, -0.15) is 0 Å². The van der Waals surface area contributed by atoms with Crippen LogP contribution in [0.1, 0.15) is 53.4 Å². The Kier molecular flexibility index (Phi) is 6.61. The third-order valence-electron chi connectivity index (χ3n) is 4.64. The molecule has 1 rings (SSSR count). The standard InChI is InChI=1S/C15H32N2O/c1-5-13-11-17(10-9-14(13)16-8-4)12-15(18,6-2)7-3/h13-14,16,18H,5-12H2,1-4H3. The molecule has 2 unspecified atom stereocenters. The summed E-state index contributed by atoms with van der Waals surface area (Å²) in [5.41, 5.74) is -0.483. The van der Waals surface area contributed by atoms with E-state index in [9.17, 15) is 5.11 Å². The Morgan fingerprint density at radius 3 is 2.39 bits per heavy atom. The maximum atomic E-state index is 10.5. The average Bonchev–Trinajstić information content (AvgIpc) is 2.40. The van der Waals surface area contributed by atoms with Gasteiger partial charge in [-0.25, -0.2) is 0 Å². The van der Waals surface area contributed by atoms with Crippen molar-refractivity contribution in [2.24, 2.45) is 5.92 Å². The number of hydrogen-bond acceptors (Lipinski definition) is 3. The Morgan fingerprint density at radius 2 is 1.89 bits per heavy atom. The van der Waals surface area contributed by atoms with Crippen LogP contribution in [0.3, 0.4) is 0 Å². The third-order valence-corrected chi connectivity index (χ3v) is 4.64. The molecule has 0 aromatic carbocycles. The molecule has 0 bridgehead atoms. The minimum atomic E-state index is -0.483. The zero-order valence-electron chi connectivity index (χ0n) is 12.7. The van der Waals surface area contributed by atoms with Gasteiger partial charge in [0.05, 0.1) is 5.60 Å². The number of nitrogens with zero attached hydrogens (tertiary/aromatic N) is 1. The van der Waals surface area contributed by atoms with E-state index in [4.69, 9.17) is 0 Å². The predicted molar refractivity (Wildman–Crippen MR) is 77.8 cm³/mol. The molecule has 18 heavy (non-hydrogen) atoms. The molecule has 0 saturated carbocycles. The summed E-state index contributed by atoms with van der Waals surface area (Å²) < 4.78 is 0. The number of piperidine rings is 1. The number of β-amino-alcohol motifs (C(OH)–C–C–N with tert-alkyl or cyclic N) is 1. The fourth-order valence-electron chi connectivity index (χ4n) is 3.09. The minimum absolute atomic E-state index is 0.483. The Labute approximate surface area is 113 Å². The van der Waals surface area contributed by atoms with Gasteiger partial charge in [-0.15, -0.1) is 0 Å². The number of nitrogens with one attached hydrogen (secondary N) is 1. The third kappa shape index (κ3) is 4.22. The van der Waals surface area contributed by atoms with E-state index in [1.165, 1.54) is 12.8 Å². The molecule has 0 aliphatic carbocycles. The highest BCUT2D eigenvalue weighted by Gasteiger charge is 2.32. The zero-order valence-corrected chi connectivity index (χ0v) is 12.7. The second kappa shape index (κ2) is 7.46. The summed E-state index contributed by atoms with van der Waals surface area (Å²) >= 11 is 0. The minimum Gasteiger partial charge on any atom is -0.389 e. The van der Waals surface area contributed by atoms with Crippen molar-refractivity contribution in [1.82, 2.24) is 10.2 Å². The summed E-state index contributed by atoms with van der Waals surface area (Å²) in [6, 6.07) is 0.674. The molecule has 1 saturated heterocycles. The molecule has 1 aliphatic rings. The summed E-state index contributed by atoms with van der Waals surface area (Å²) in [6.07, 6.45) is 4.15. The van der Waals surface area contributed by atoms with Crippen molar-refractivity contribution >= 4 is 0 Å². The van der Waals surface area contributed by atoms with Crippen molar-refractivity contribution in [2.45, 2.75) is 65.0 Å². The number of aliphatic hydroxyl groups is 1. The van der Waals surface area contributed by atoms with Gasteiger partial charge in [0.1, 0.15) is 0 Å². The maximum Gasteiger partial charge on any atom is 0.0768 e. The first-order valence-electron chi connectivity index (χ1n) is 7.76. The van der Waals surface area contributed by atoms with Crippen LogP contribution < -0.4 is 5.32 Å². The van der Waals surface area contributed by atoms with Gasteiger partial charge >= 0.3 is 0 Å². The molecule has 0 aromatic rings. The van der Waals surface area contributed by atoms with E-state index in [0.717, 1.165) is 44.9 Å². The first-order valence-corrected chi connectivity index (χ1v) is 7.76. The van der Waals surface area contributed by atoms with E-state index < -0.39 is 5.60 Å². The first kappa shape index (κ1) is 15.9. The van der Waals surface area contributed by atoms with Crippen molar-refractivity contribution in [3.8, 4) is 0 Å². The fraction of sp³-hybridized carbons (Fsp3) is 1.00. The molecule has 2 N–H and O–H groups in total. The van der Waals surface area contributed by atoms with Crippen molar-refractivity contribution in [3.05, 3.63) is 0 Å². The van der Waals surface area contributed by atoms with Crippen LogP contribution >= 0.6 is 0 Å². The van der Waals surface area contributed by atoms with Gasteiger partial charge in [0, 0.05) is 19.1 Å². The lowest BCUT2D eigenvalue weighted by molar-refractivity contribution is -0.0177. The van der Waals surface area contributed by atoms with Gasteiger partial charge in [-0.1, -0.05) is 34.1 Å². The number of rotatable bonds is 7. The summed E-state index contributed by atoms with van der Waals surface area (Å²) in [7, 11) is 0. The van der Waals surface area contributed by atoms with Gasteiger partial charge in [-0.3, -0.25) is 0 Å². The Balaban J connectivity index is 2.51. The molecule has 1 heterocycles. The quantitative estimate of drug-likeness (QED) is 0.733. The van der Waals surface area contributed by atoms with Crippen molar-refractivity contribution in [2.75, 3.05) is 26.2 Å². The van der Waals surface area contributed by atoms with Crippen LogP contribution in [-0.2, 0) is 0 Å². The van der Waals surface area contributed by atoms with Crippen LogP contribution in [0.15, 0.2) is 0 Å². The van der Waals surface area contributed by atoms with E-state index >= 15 is 0 Å². The van der Waals surface area contributed by atoms with Crippen molar-refractivity contribution in [1.29, 1.82) is 0 Å². The second-order valence-corrected chi connectivity index (χ2v) is 5.79. The Bertz CT molecular complexity index is 229. The molecule has 0 amide bonds. The van der Waals surface area contributed by atoms with Crippen LogP contribution in [0, 0.1) is 5.92 Å². The number of hydrogen-bond donors (Lipinski definition) is 2. The first-order chi connectivity index (χ1) is 8.58. The predicted octanol–water partition coefficient (Wildman–Crippen LogP) is 2.25. The lowest BCUT2D eigenvalue weighted by Gasteiger charge is -2.42. The van der Waals surface area contributed by atoms with Crippen LogP contribution in [-0.4, -0.2) is 47.8 Å². The van der Waals surface area contributed by atoms with Gasteiger partial charge < -0.3 is 15.3 Å². The summed E-state index contributed by atoms with van der Waals surface area (Å²) in [5.74, 6) is 0.733. The largest absolute Gasteiger partial charge is 0.389 e. The Morgan fingerprint density at radius 1 is 1.22 bits per heavy atom. The van der Waals surface area contributed by atoms with E-state index in [2.05, 4.69) is 37.9 Å². The fourth-order valence-corrected chi connectivity index (χ4v) is 3.09. The molecule has 0 aromatic heterocycles. The molecular weight excluding hydrogens is 224 g/mol. The second-order valence-electron chi connectivity index (χ2n) is 5.79. The molecule has 0 radical (unpaired) electrons. The topological polar surface area (TPSA) is 35.5 Å². The molecule has 3 heteroatoms. The van der Waals surface area contributed by atoms with E-state index in [1.54, 1.807) is 0 Å². The van der Waals surface area contributed by atoms with Gasteiger partial charge in [0.2, 0.25) is 0 Å². The molecule has 108 valence electrons. The summed E-state index contributed by atoms with van der Waals surface area (Å²) in [5, 5.41) is 14.1. The molecule has 1 fully saturated rings. The Hall–Kier alpha value is -0.120. The maximum absolute atomic E-state index is 10.5. The highest BCUT2D eigenvalue weighted by Crippen LogP contribution is 2.24. The van der Waals surface area contributed by atoms with Gasteiger partial charge in [-0.05, 0) is 38.3 Å². The molecule has 0 spiro atoms. The van der Waals surface area contributed by atoms with E-state index in [1.807, 2.05) is 0 Å². The van der Waals surface area contributed by atoms with Crippen LogP contribution in [0.2, 0.25) is 0 Å².